The second-order valence-corrected chi connectivity index (χ2v) is 7.15. The van der Waals surface area contributed by atoms with Gasteiger partial charge in [-0.05, 0) is 51.6 Å². The Hall–Kier alpha value is -0.0800. The van der Waals surface area contributed by atoms with Crippen LogP contribution in [0.5, 0.6) is 0 Å². The van der Waals surface area contributed by atoms with Gasteiger partial charge in [0.15, 0.2) is 0 Å². The van der Waals surface area contributed by atoms with Gasteiger partial charge in [0.05, 0.1) is 0 Å². The summed E-state index contributed by atoms with van der Waals surface area (Å²) in [6, 6.07) is 1.55. The van der Waals surface area contributed by atoms with Gasteiger partial charge >= 0.3 is 0 Å². The first kappa shape index (κ1) is 16.3. The molecule has 0 bridgehead atoms. The SMILES string of the molecule is CCCCCC(C)N1CCCNC(C2CCCCC2)C1. The van der Waals surface area contributed by atoms with E-state index < -0.39 is 0 Å². The highest BCUT2D eigenvalue weighted by Crippen LogP contribution is 2.28. The van der Waals surface area contributed by atoms with Crippen LogP contribution in [0.15, 0.2) is 0 Å². The second kappa shape index (κ2) is 9.04. The van der Waals surface area contributed by atoms with E-state index in [2.05, 4.69) is 24.1 Å². The summed E-state index contributed by atoms with van der Waals surface area (Å²) in [5.41, 5.74) is 0. The molecule has 0 aromatic heterocycles. The highest BCUT2D eigenvalue weighted by Gasteiger charge is 2.28. The van der Waals surface area contributed by atoms with Gasteiger partial charge in [0, 0.05) is 18.6 Å². The van der Waals surface area contributed by atoms with E-state index in [-0.39, 0.29) is 0 Å². The van der Waals surface area contributed by atoms with Gasteiger partial charge < -0.3 is 5.32 Å². The van der Waals surface area contributed by atoms with Gasteiger partial charge in [-0.2, -0.15) is 0 Å². The molecular formula is C18H36N2. The van der Waals surface area contributed by atoms with Crippen molar-refractivity contribution in [1.82, 2.24) is 10.2 Å². The van der Waals surface area contributed by atoms with Crippen LogP contribution in [0.4, 0.5) is 0 Å². The van der Waals surface area contributed by atoms with E-state index in [1.807, 2.05) is 0 Å². The summed E-state index contributed by atoms with van der Waals surface area (Å²) >= 11 is 0. The largest absolute Gasteiger partial charge is 0.312 e. The van der Waals surface area contributed by atoms with E-state index in [1.165, 1.54) is 83.8 Å². The fourth-order valence-corrected chi connectivity index (χ4v) is 4.10. The fourth-order valence-electron chi connectivity index (χ4n) is 4.10. The van der Waals surface area contributed by atoms with Gasteiger partial charge in [0.25, 0.3) is 0 Å². The van der Waals surface area contributed by atoms with Crippen LogP contribution in [0.3, 0.4) is 0 Å². The zero-order valence-corrected chi connectivity index (χ0v) is 13.9. The monoisotopic (exact) mass is 280 g/mol. The summed E-state index contributed by atoms with van der Waals surface area (Å²) in [4.78, 5) is 2.79. The maximum absolute atomic E-state index is 3.86. The third-order valence-electron chi connectivity index (χ3n) is 5.53. The third-order valence-corrected chi connectivity index (χ3v) is 5.53. The summed E-state index contributed by atoms with van der Waals surface area (Å²) in [5, 5.41) is 3.86. The highest BCUT2D eigenvalue weighted by atomic mass is 15.2. The van der Waals surface area contributed by atoms with Crippen molar-refractivity contribution in [3.63, 3.8) is 0 Å². The molecule has 1 saturated heterocycles. The number of unbranched alkanes of at least 4 members (excludes halogenated alkanes) is 2. The number of nitrogens with one attached hydrogen (secondary N) is 1. The Morgan fingerprint density at radius 1 is 1.10 bits per heavy atom. The molecule has 2 nitrogen and oxygen atoms in total. The number of nitrogens with zero attached hydrogens (tertiary/aromatic N) is 1. The average Bonchev–Trinajstić information content (AvgIpc) is 2.74. The van der Waals surface area contributed by atoms with Crippen molar-refractivity contribution in [2.75, 3.05) is 19.6 Å². The molecule has 0 spiro atoms. The summed E-state index contributed by atoms with van der Waals surface area (Å²) in [6.07, 6.45) is 14.2. The fraction of sp³-hybridized carbons (Fsp3) is 1.00. The van der Waals surface area contributed by atoms with Crippen molar-refractivity contribution >= 4 is 0 Å². The molecule has 1 aliphatic carbocycles. The maximum Gasteiger partial charge on any atom is 0.0223 e. The molecule has 20 heavy (non-hydrogen) atoms. The highest BCUT2D eigenvalue weighted by molar-refractivity contribution is 4.86. The topological polar surface area (TPSA) is 15.3 Å². The minimum absolute atomic E-state index is 0.770. The first-order valence-corrected chi connectivity index (χ1v) is 9.28. The van der Waals surface area contributed by atoms with Crippen molar-refractivity contribution in [1.29, 1.82) is 0 Å². The maximum atomic E-state index is 3.86. The minimum atomic E-state index is 0.770. The molecule has 0 radical (unpaired) electrons. The molecule has 2 rings (SSSR count). The summed E-state index contributed by atoms with van der Waals surface area (Å²) in [6.45, 7) is 8.61. The van der Waals surface area contributed by atoms with E-state index >= 15 is 0 Å². The van der Waals surface area contributed by atoms with Crippen molar-refractivity contribution in [3.8, 4) is 0 Å². The van der Waals surface area contributed by atoms with Gasteiger partial charge in [-0.25, -0.2) is 0 Å². The van der Waals surface area contributed by atoms with Crippen molar-refractivity contribution in [3.05, 3.63) is 0 Å². The molecular weight excluding hydrogens is 244 g/mol. The van der Waals surface area contributed by atoms with E-state index in [0.717, 1.165) is 18.0 Å². The van der Waals surface area contributed by atoms with Crippen LogP contribution in [0.1, 0.15) is 78.1 Å². The molecule has 1 N–H and O–H groups in total. The molecule has 2 atom stereocenters. The molecule has 1 heterocycles. The molecule has 0 aromatic rings. The van der Waals surface area contributed by atoms with Crippen LogP contribution >= 0.6 is 0 Å². The lowest BCUT2D eigenvalue weighted by molar-refractivity contribution is 0.162. The smallest absolute Gasteiger partial charge is 0.0223 e. The van der Waals surface area contributed by atoms with Crippen molar-refractivity contribution in [2.24, 2.45) is 5.92 Å². The molecule has 2 heteroatoms. The van der Waals surface area contributed by atoms with Gasteiger partial charge in [-0.15, -0.1) is 0 Å². The van der Waals surface area contributed by atoms with Gasteiger partial charge in [0.2, 0.25) is 0 Å². The molecule has 0 aromatic carbocycles. The molecule has 1 saturated carbocycles. The van der Waals surface area contributed by atoms with Crippen molar-refractivity contribution in [2.45, 2.75) is 90.1 Å². The first-order chi connectivity index (χ1) is 9.81. The molecule has 0 amide bonds. The Kier molecular flexibility index (Phi) is 7.37. The van der Waals surface area contributed by atoms with Crippen LogP contribution in [-0.4, -0.2) is 36.6 Å². The van der Waals surface area contributed by atoms with Crippen molar-refractivity contribution < 1.29 is 0 Å². The number of hydrogen-bond donors (Lipinski definition) is 1. The molecule has 118 valence electrons. The molecule has 2 aliphatic rings. The molecule has 1 aliphatic heterocycles. The first-order valence-electron chi connectivity index (χ1n) is 9.28. The van der Waals surface area contributed by atoms with Gasteiger partial charge in [-0.1, -0.05) is 45.4 Å². The second-order valence-electron chi connectivity index (χ2n) is 7.15. The Balaban J connectivity index is 1.82. The average molecular weight is 280 g/mol. The molecule has 2 fully saturated rings. The normalized spacial score (nSPS) is 28.2. The van der Waals surface area contributed by atoms with Crippen LogP contribution in [0.25, 0.3) is 0 Å². The lowest BCUT2D eigenvalue weighted by atomic mass is 9.83. The predicted octanol–water partition coefficient (Wildman–Crippen LogP) is 4.20. The number of rotatable bonds is 6. The summed E-state index contributed by atoms with van der Waals surface area (Å²) in [7, 11) is 0. The van der Waals surface area contributed by atoms with Crippen LogP contribution in [0, 0.1) is 5.92 Å². The van der Waals surface area contributed by atoms with E-state index in [0.29, 0.717) is 0 Å². The zero-order chi connectivity index (χ0) is 14.2. The Morgan fingerprint density at radius 3 is 2.65 bits per heavy atom. The van der Waals surface area contributed by atoms with Crippen LogP contribution in [0.2, 0.25) is 0 Å². The van der Waals surface area contributed by atoms with Gasteiger partial charge in [-0.3, -0.25) is 4.90 Å². The lowest BCUT2D eigenvalue weighted by Gasteiger charge is -2.35. The van der Waals surface area contributed by atoms with E-state index in [4.69, 9.17) is 0 Å². The van der Waals surface area contributed by atoms with Crippen LogP contribution in [-0.2, 0) is 0 Å². The standard InChI is InChI=1S/C18H36N2/c1-3-4-6-10-16(2)20-14-9-13-19-18(15-20)17-11-7-5-8-12-17/h16-19H,3-15H2,1-2H3. The Bertz CT molecular complexity index is 248. The minimum Gasteiger partial charge on any atom is -0.312 e. The summed E-state index contributed by atoms with van der Waals surface area (Å²) in [5.74, 6) is 0.951. The van der Waals surface area contributed by atoms with Crippen LogP contribution < -0.4 is 5.32 Å². The quantitative estimate of drug-likeness (QED) is 0.734. The van der Waals surface area contributed by atoms with E-state index in [1.54, 1.807) is 0 Å². The summed E-state index contributed by atoms with van der Waals surface area (Å²) < 4.78 is 0. The Labute approximate surface area is 126 Å². The third kappa shape index (κ3) is 5.04. The molecule has 2 unspecified atom stereocenters. The van der Waals surface area contributed by atoms with Gasteiger partial charge in [0.1, 0.15) is 0 Å². The number of hydrogen-bond acceptors (Lipinski definition) is 2. The lowest BCUT2D eigenvalue weighted by Crippen LogP contribution is -2.46. The van der Waals surface area contributed by atoms with E-state index in [9.17, 15) is 0 Å². The Morgan fingerprint density at radius 2 is 1.90 bits per heavy atom. The zero-order valence-electron chi connectivity index (χ0n) is 13.9. The predicted molar refractivity (Wildman–Crippen MR) is 88.2 cm³/mol.